The number of hydrogen-bond acceptors (Lipinski definition) is 4. The lowest BCUT2D eigenvalue weighted by Gasteiger charge is -2.45. The quantitative estimate of drug-likeness (QED) is 0.603. The van der Waals surface area contributed by atoms with E-state index in [0.717, 1.165) is 33.0 Å². The van der Waals surface area contributed by atoms with Gasteiger partial charge in [-0.2, -0.15) is 5.26 Å². The number of rotatable bonds is 2. The van der Waals surface area contributed by atoms with Crippen LogP contribution in [-0.2, 0) is 9.47 Å². The molecule has 0 aromatic carbocycles. The summed E-state index contributed by atoms with van der Waals surface area (Å²) in [4.78, 5) is 2.36. The van der Waals surface area contributed by atoms with Gasteiger partial charge in [0, 0.05) is 13.0 Å². The lowest BCUT2D eigenvalue weighted by molar-refractivity contribution is -0.136. The molecule has 4 heteroatoms. The van der Waals surface area contributed by atoms with Gasteiger partial charge in [0.05, 0.1) is 44.6 Å². The summed E-state index contributed by atoms with van der Waals surface area (Å²) >= 11 is 0. The molecule has 2 rings (SSSR count). The maximum atomic E-state index is 8.52. The Balaban J connectivity index is 1.95. The van der Waals surface area contributed by atoms with Gasteiger partial charge in [-0.05, 0) is 0 Å². The third kappa shape index (κ3) is 1.83. The standard InChI is InChI=1S/C9H14N2O2/c10-2-1-3-11-8-4-12-6-9(11)7-13-5-8/h8-9H,1,3-7H2. The molecule has 0 atom stereocenters. The molecular weight excluding hydrogens is 168 g/mol. The van der Waals surface area contributed by atoms with Gasteiger partial charge in [0.1, 0.15) is 0 Å². The molecule has 0 unspecified atom stereocenters. The van der Waals surface area contributed by atoms with Crippen molar-refractivity contribution in [1.29, 1.82) is 5.26 Å². The summed E-state index contributed by atoms with van der Waals surface area (Å²) in [6.07, 6.45) is 0.604. The molecular formula is C9H14N2O2. The Bertz CT molecular complexity index is 192. The molecule has 13 heavy (non-hydrogen) atoms. The van der Waals surface area contributed by atoms with Crippen LogP contribution in [0.4, 0.5) is 0 Å². The van der Waals surface area contributed by atoms with Crippen LogP contribution in [0.5, 0.6) is 0 Å². The molecule has 0 amide bonds. The van der Waals surface area contributed by atoms with Crippen molar-refractivity contribution in [2.24, 2.45) is 0 Å². The average molecular weight is 182 g/mol. The topological polar surface area (TPSA) is 45.5 Å². The first-order valence-corrected chi connectivity index (χ1v) is 4.70. The van der Waals surface area contributed by atoms with Crippen molar-refractivity contribution in [2.45, 2.75) is 18.5 Å². The minimum Gasteiger partial charge on any atom is -0.378 e. The Labute approximate surface area is 78.0 Å². The minimum absolute atomic E-state index is 0.376. The molecule has 0 radical (unpaired) electrons. The van der Waals surface area contributed by atoms with Crippen LogP contribution < -0.4 is 0 Å². The largest absolute Gasteiger partial charge is 0.378 e. The highest BCUT2D eigenvalue weighted by Gasteiger charge is 2.34. The molecule has 4 nitrogen and oxygen atoms in total. The van der Waals surface area contributed by atoms with Crippen molar-refractivity contribution < 1.29 is 9.47 Å². The van der Waals surface area contributed by atoms with Crippen LogP contribution in [0, 0.1) is 11.3 Å². The van der Waals surface area contributed by atoms with Gasteiger partial charge in [0.2, 0.25) is 0 Å². The van der Waals surface area contributed by atoms with Gasteiger partial charge < -0.3 is 9.47 Å². The van der Waals surface area contributed by atoms with Crippen LogP contribution in [-0.4, -0.2) is 50.0 Å². The summed E-state index contributed by atoms with van der Waals surface area (Å²) in [5, 5.41) is 8.52. The van der Waals surface area contributed by atoms with Crippen molar-refractivity contribution >= 4 is 0 Å². The molecule has 0 N–H and O–H groups in total. The van der Waals surface area contributed by atoms with Crippen molar-refractivity contribution in [1.82, 2.24) is 4.90 Å². The Morgan fingerprint density at radius 2 is 1.69 bits per heavy atom. The van der Waals surface area contributed by atoms with Crippen LogP contribution in [0.25, 0.3) is 0 Å². The zero-order valence-electron chi connectivity index (χ0n) is 7.61. The predicted octanol–water partition coefficient (Wildman–Crippen LogP) is -0.000320. The summed E-state index contributed by atoms with van der Waals surface area (Å²) in [7, 11) is 0. The molecule has 0 aromatic rings. The maximum absolute atomic E-state index is 8.52. The maximum Gasteiger partial charge on any atom is 0.0645 e. The summed E-state index contributed by atoms with van der Waals surface area (Å²) in [6, 6.07) is 2.93. The molecule has 0 aromatic heterocycles. The van der Waals surface area contributed by atoms with E-state index in [-0.39, 0.29) is 0 Å². The Kier molecular flexibility index (Phi) is 2.79. The number of ether oxygens (including phenoxy) is 2. The molecule has 0 aliphatic carbocycles. The van der Waals surface area contributed by atoms with Gasteiger partial charge in [-0.1, -0.05) is 0 Å². The molecule has 0 spiro atoms. The first-order chi connectivity index (χ1) is 6.42. The number of fused-ring (bicyclic) bond motifs is 2. The minimum atomic E-state index is 0.376. The van der Waals surface area contributed by atoms with Gasteiger partial charge in [-0.25, -0.2) is 0 Å². The van der Waals surface area contributed by atoms with Crippen molar-refractivity contribution in [2.75, 3.05) is 33.0 Å². The number of nitriles is 1. The van der Waals surface area contributed by atoms with Crippen LogP contribution in [0.1, 0.15) is 6.42 Å². The number of morpholine rings is 2. The summed E-state index contributed by atoms with van der Waals surface area (Å²) in [5.74, 6) is 0. The second-order valence-electron chi connectivity index (χ2n) is 3.53. The molecule has 2 aliphatic heterocycles. The molecule has 0 saturated carbocycles. The third-order valence-corrected chi connectivity index (χ3v) is 2.66. The summed E-state index contributed by atoms with van der Waals surface area (Å²) < 4.78 is 10.9. The van der Waals surface area contributed by atoms with E-state index in [9.17, 15) is 0 Å². The Morgan fingerprint density at radius 1 is 1.15 bits per heavy atom. The summed E-state index contributed by atoms with van der Waals surface area (Å²) in [5.41, 5.74) is 0. The fourth-order valence-corrected chi connectivity index (χ4v) is 2.00. The van der Waals surface area contributed by atoms with E-state index >= 15 is 0 Å². The smallest absolute Gasteiger partial charge is 0.0645 e. The molecule has 2 fully saturated rings. The fraction of sp³-hybridized carbons (Fsp3) is 0.889. The lowest BCUT2D eigenvalue weighted by Crippen LogP contribution is -2.59. The van der Waals surface area contributed by atoms with E-state index in [2.05, 4.69) is 11.0 Å². The second-order valence-corrected chi connectivity index (χ2v) is 3.53. The summed E-state index contributed by atoms with van der Waals surface area (Å²) in [6.45, 7) is 3.87. The van der Waals surface area contributed by atoms with Crippen molar-refractivity contribution in [3.63, 3.8) is 0 Å². The van der Waals surface area contributed by atoms with E-state index in [0.29, 0.717) is 18.5 Å². The van der Waals surface area contributed by atoms with Gasteiger partial charge in [0.15, 0.2) is 0 Å². The second kappa shape index (κ2) is 4.05. The first-order valence-electron chi connectivity index (χ1n) is 4.70. The lowest BCUT2D eigenvalue weighted by atomic mass is 10.1. The molecule has 2 saturated heterocycles. The average Bonchev–Trinajstić information content (AvgIpc) is 2.14. The van der Waals surface area contributed by atoms with Crippen molar-refractivity contribution in [3.05, 3.63) is 0 Å². The highest BCUT2D eigenvalue weighted by Crippen LogP contribution is 2.19. The number of hydrogen-bond donors (Lipinski definition) is 0. The van der Waals surface area contributed by atoms with Crippen LogP contribution in [0.2, 0.25) is 0 Å². The highest BCUT2D eigenvalue weighted by molar-refractivity contribution is 4.88. The first kappa shape index (κ1) is 8.95. The Hall–Kier alpha value is -0.630. The predicted molar refractivity (Wildman–Crippen MR) is 46.2 cm³/mol. The Morgan fingerprint density at radius 3 is 2.15 bits per heavy atom. The molecule has 2 aliphatic rings. The van der Waals surface area contributed by atoms with E-state index < -0.39 is 0 Å². The van der Waals surface area contributed by atoms with Gasteiger partial charge in [0.25, 0.3) is 0 Å². The normalized spacial score (nSPS) is 34.1. The van der Waals surface area contributed by atoms with E-state index in [1.165, 1.54) is 0 Å². The zero-order chi connectivity index (χ0) is 9.10. The van der Waals surface area contributed by atoms with E-state index in [1.807, 2.05) is 0 Å². The third-order valence-electron chi connectivity index (χ3n) is 2.66. The zero-order valence-corrected chi connectivity index (χ0v) is 7.61. The monoisotopic (exact) mass is 182 g/mol. The molecule has 72 valence electrons. The number of nitrogens with zero attached hydrogens (tertiary/aromatic N) is 2. The molecule has 2 heterocycles. The van der Waals surface area contributed by atoms with Gasteiger partial charge >= 0.3 is 0 Å². The van der Waals surface area contributed by atoms with E-state index in [4.69, 9.17) is 14.7 Å². The van der Waals surface area contributed by atoms with Crippen molar-refractivity contribution in [3.8, 4) is 6.07 Å². The molecule has 2 bridgehead atoms. The van der Waals surface area contributed by atoms with Gasteiger partial charge in [-0.15, -0.1) is 0 Å². The van der Waals surface area contributed by atoms with Crippen LogP contribution >= 0.6 is 0 Å². The van der Waals surface area contributed by atoms with E-state index in [1.54, 1.807) is 0 Å². The van der Waals surface area contributed by atoms with Gasteiger partial charge in [-0.3, -0.25) is 4.90 Å². The highest BCUT2D eigenvalue weighted by atomic mass is 16.5. The fourth-order valence-electron chi connectivity index (χ4n) is 2.00. The van der Waals surface area contributed by atoms with Crippen LogP contribution in [0.3, 0.4) is 0 Å². The SMILES string of the molecule is N#CCCN1C2COCC1COC2. The van der Waals surface area contributed by atoms with Crippen LogP contribution in [0.15, 0.2) is 0 Å².